The second-order valence-electron chi connectivity index (χ2n) is 6.48. The molecule has 1 fully saturated rings. The van der Waals surface area contributed by atoms with E-state index in [0.29, 0.717) is 32.5 Å². The van der Waals surface area contributed by atoms with Crippen LogP contribution in [0.4, 0.5) is 11.5 Å². The molecule has 1 aliphatic rings. The van der Waals surface area contributed by atoms with Crippen molar-refractivity contribution in [2.75, 3.05) is 24.6 Å². The highest BCUT2D eigenvalue weighted by molar-refractivity contribution is 5.73. The van der Waals surface area contributed by atoms with Gasteiger partial charge in [-0.15, -0.1) is 0 Å². The van der Waals surface area contributed by atoms with Crippen LogP contribution in [0.2, 0.25) is 0 Å². The first-order chi connectivity index (χ1) is 12.9. The Balaban J connectivity index is 1.91. The lowest BCUT2D eigenvalue weighted by Crippen LogP contribution is -2.38. The number of nitro groups is 1. The Hall–Kier alpha value is -3.04. The molecular weight excluding hydrogens is 352 g/mol. The van der Waals surface area contributed by atoms with Crippen LogP contribution in [0.25, 0.3) is 5.82 Å². The number of carbonyl (C=O) groups excluding carboxylic acids is 1. The third-order valence-corrected chi connectivity index (χ3v) is 4.59. The molecule has 0 radical (unpaired) electrons. The summed E-state index contributed by atoms with van der Waals surface area (Å²) in [4.78, 5) is 33.4. The zero-order valence-electron chi connectivity index (χ0n) is 15.6. The second-order valence-corrected chi connectivity index (χ2v) is 6.48. The third kappa shape index (κ3) is 3.74. The first-order valence-electron chi connectivity index (χ1n) is 8.87. The van der Waals surface area contributed by atoms with Crippen LogP contribution in [0.1, 0.15) is 31.2 Å². The summed E-state index contributed by atoms with van der Waals surface area (Å²) in [5.74, 6) is -0.00165. The Labute approximate surface area is 156 Å². The van der Waals surface area contributed by atoms with Crippen molar-refractivity contribution in [1.29, 1.82) is 0 Å². The molecule has 0 spiro atoms. The minimum Gasteiger partial charge on any atom is -0.466 e. The van der Waals surface area contributed by atoms with Gasteiger partial charge in [0, 0.05) is 18.8 Å². The number of anilines is 1. The number of nitrogens with zero attached hydrogens (tertiary/aromatic N) is 6. The van der Waals surface area contributed by atoms with Crippen LogP contribution in [0, 0.1) is 29.9 Å². The maximum atomic E-state index is 11.9. The summed E-state index contributed by atoms with van der Waals surface area (Å²) in [5, 5.41) is 16.1. The van der Waals surface area contributed by atoms with Crippen molar-refractivity contribution in [2.24, 2.45) is 5.92 Å². The van der Waals surface area contributed by atoms with Gasteiger partial charge in [-0.05, 0) is 39.7 Å². The van der Waals surface area contributed by atoms with Gasteiger partial charge in [0.1, 0.15) is 6.33 Å². The molecule has 0 N–H and O–H groups in total. The number of rotatable bonds is 5. The molecule has 27 heavy (non-hydrogen) atoms. The number of piperidine rings is 1. The molecule has 1 saturated heterocycles. The molecule has 10 heteroatoms. The Bertz CT molecular complexity index is 857. The summed E-state index contributed by atoms with van der Waals surface area (Å²) in [6, 6.07) is 1.83. The normalized spacial score (nSPS) is 15.0. The Morgan fingerprint density at radius 1 is 1.30 bits per heavy atom. The molecule has 2 aromatic rings. The van der Waals surface area contributed by atoms with E-state index in [1.807, 2.05) is 24.8 Å². The minimum atomic E-state index is -0.474. The van der Waals surface area contributed by atoms with E-state index in [-0.39, 0.29) is 29.2 Å². The molecule has 144 valence electrons. The van der Waals surface area contributed by atoms with E-state index >= 15 is 0 Å². The predicted octanol–water partition coefficient (Wildman–Crippen LogP) is 1.97. The van der Waals surface area contributed by atoms with Crippen LogP contribution in [-0.4, -0.2) is 50.3 Å². The van der Waals surface area contributed by atoms with Gasteiger partial charge < -0.3 is 9.64 Å². The fraction of sp³-hybridized carbons (Fsp3) is 0.529. The van der Waals surface area contributed by atoms with Gasteiger partial charge in [0.2, 0.25) is 11.6 Å². The highest BCUT2D eigenvalue weighted by atomic mass is 16.6. The fourth-order valence-corrected chi connectivity index (χ4v) is 3.34. The molecule has 10 nitrogen and oxygen atoms in total. The molecule has 0 amide bonds. The van der Waals surface area contributed by atoms with Crippen LogP contribution < -0.4 is 4.90 Å². The van der Waals surface area contributed by atoms with E-state index in [1.165, 1.54) is 11.0 Å². The summed E-state index contributed by atoms with van der Waals surface area (Å²) in [6.45, 7) is 6.73. The highest BCUT2D eigenvalue weighted by Crippen LogP contribution is 2.33. The van der Waals surface area contributed by atoms with E-state index in [9.17, 15) is 14.9 Å². The third-order valence-electron chi connectivity index (χ3n) is 4.59. The van der Waals surface area contributed by atoms with Crippen molar-refractivity contribution in [3.05, 3.63) is 33.9 Å². The van der Waals surface area contributed by atoms with Gasteiger partial charge in [-0.3, -0.25) is 14.9 Å². The molecule has 0 aliphatic carbocycles. The molecule has 1 aliphatic heterocycles. The monoisotopic (exact) mass is 374 g/mol. The standard InChI is InChI=1S/C17H22N6O4/c1-4-27-17(24)13-5-7-21(8-6-13)15-14(23(25)26)16(19-10-18-15)22-12(3)9-11(2)20-22/h9-10,13H,4-8H2,1-3H3. The van der Waals surface area contributed by atoms with Gasteiger partial charge in [0.15, 0.2) is 0 Å². The average molecular weight is 374 g/mol. The smallest absolute Gasteiger partial charge is 0.355 e. The average Bonchev–Trinajstić information content (AvgIpc) is 2.99. The zero-order chi connectivity index (χ0) is 19.6. The summed E-state index contributed by atoms with van der Waals surface area (Å²) in [7, 11) is 0. The van der Waals surface area contributed by atoms with Crippen molar-refractivity contribution in [3.63, 3.8) is 0 Å². The van der Waals surface area contributed by atoms with Crippen molar-refractivity contribution in [1.82, 2.24) is 19.7 Å². The number of esters is 1. The van der Waals surface area contributed by atoms with Gasteiger partial charge >= 0.3 is 11.7 Å². The van der Waals surface area contributed by atoms with Crippen LogP contribution in [0.15, 0.2) is 12.4 Å². The fourth-order valence-electron chi connectivity index (χ4n) is 3.34. The number of hydrogen-bond donors (Lipinski definition) is 0. The first kappa shape index (κ1) is 18.7. The SMILES string of the molecule is CCOC(=O)C1CCN(c2ncnc(-n3nc(C)cc3C)c2[N+](=O)[O-])CC1. The zero-order valence-corrected chi connectivity index (χ0v) is 15.6. The van der Waals surface area contributed by atoms with Gasteiger partial charge in [-0.25, -0.2) is 14.6 Å². The Morgan fingerprint density at radius 2 is 1.96 bits per heavy atom. The van der Waals surface area contributed by atoms with E-state index in [2.05, 4.69) is 15.1 Å². The molecule has 0 aromatic carbocycles. The molecule has 0 unspecified atom stereocenters. The van der Waals surface area contributed by atoms with Gasteiger partial charge in [-0.1, -0.05) is 0 Å². The van der Waals surface area contributed by atoms with Crippen LogP contribution in [-0.2, 0) is 9.53 Å². The van der Waals surface area contributed by atoms with Crippen LogP contribution in [0.3, 0.4) is 0 Å². The predicted molar refractivity (Wildman–Crippen MR) is 96.9 cm³/mol. The van der Waals surface area contributed by atoms with Crippen LogP contribution in [0.5, 0.6) is 0 Å². The number of ether oxygens (including phenoxy) is 1. The van der Waals surface area contributed by atoms with E-state index in [4.69, 9.17) is 4.74 Å². The van der Waals surface area contributed by atoms with E-state index < -0.39 is 4.92 Å². The number of aromatic nitrogens is 4. The summed E-state index contributed by atoms with van der Waals surface area (Å²) in [5.41, 5.74) is 1.32. The van der Waals surface area contributed by atoms with Crippen molar-refractivity contribution < 1.29 is 14.5 Å². The van der Waals surface area contributed by atoms with Gasteiger partial charge in [0.05, 0.1) is 23.1 Å². The van der Waals surface area contributed by atoms with Crippen molar-refractivity contribution in [2.45, 2.75) is 33.6 Å². The molecule has 3 rings (SSSR count). The van der Waals surface area contributed by atoms with Gasteiger partial charge in [-0.2, -0.15) is 5.10 Å². The number of carbonyl (C=O) groups is 1. The number of hydrogen-bond acceptors (Lipinski definition) is 8. The molecule has 0 atom stereocenters. The molecule has 0 saturated carbocycles. The molecule has 2 aromatic heterocycles. The minimum absolute atomic E-state index is 0.142. The first-order valence-corrected chi connectivity index (χ1v) is 8.87. The lowest BCUT2D eigenvalue weighted by molar-refractivity contribution is -0.384. The lowest BCUT2D eigenvalue weighted by atomic mass is 9.97. The van der Waals surface area contributed by atoms with Crippen molar-refractivity contribution in [3.8, 4) is 5.82 Å². The quantitative estimate of drug-likeness (QED) is 0.443. The Kier molecular flexibility index (Phi) is 5.33. The van der Waals surface area contributed by atoms with E-state index in [1.54, 1.807) is 6.92 Å². The summed E-state index contributed by atoms with van der Waals surface area (Å²) < 4.78 is 6.54. The number of aryl methyl sites for hydroxylation is 2. The van der Waals surface area contributed by atoms with Gasteiger partial charge in [0.25, 0.3) is 0 Å². The summed E-state index contributed by atoms with van der Waals surface area (Å²) in [6.07, 6.45) is 2.44. The van der Waals surface area contributed by atoms with Crippen LogP contribution >= 0.6 is 0 Å². The second kappa shape index (κ2) is 7.68. The molecular formula is C17H22N6O4. The molecule has 3 heterocycles. The summed E-state index contributed by atoms with van der Waals surface area (Å²) >= 11 is 0. The topological polar surface area (TPSA) is 116 Å². The largest absolute Gasteiger partial charge is 0.466 e. The maximum absolute atomic E-state index is 11.9. The molecule has 0 bridgehead atoms. The Morgan fingerprint density at radius 3 is 2.52 bits per heavy atom. The lowest BCUT2D eigenvalue weighted by Gasteiger charge is -2.31. The highest BCUT2D eigenvalue weighted by Gasteiger charge is 2.33. The van der Waals surface area contributed by atoms with Crippen molar-refractivity contribution >= 4 is 17.5 Å². The van der Waals surface area contributed by atoms with E-state index in [0.717, 1.165) is 11.4 Å². The maximum Gasteiger partial charge on any atom is 0.355 e.